The molecule has 0 bridgehead atoms. The molecule has 28 heavy (non-hydrogen) atoms. The minimum absolute atomic E-state index is 0.310. The Kier molecular flexibility index (Phi) is 8.97. The molecule has 1 aromatic carbocycles. The summed E-state index contributed by atoms with van der Waals surface area (Å²) in [7, 11) is 0. The molecule has 2 rings (SSSR count). The molecule has 1 fully saturated rings. The molecule has 1 aliphatic rings. The molecule has 0 aromatic heterocycles. The highest BCUT2D eigenvalue weighted by molar-refractivity contribution is 5.28. The molecule has 0 saturated heterocycles. The third kappa shape index (κ3) is 7.21. The molecule has 1 aliphatic carbocycles. The summed E-state index contributed by atoms with van der Waals surface area (Å²) < 4.78 is 65.3. The van der Waals surface area contributed by atoms with Crippen molar-refractivity contribution in [1.29, 1.82) is 0 Å². The van der Waals surface area contributed by atoms with Crippen molar-refractivity contribution in [2.45, 2.75) is 83.7 Å². The molecule has 0 N–H and O–H groups in total. The summed E-state index contributed by atoms with van der Waals surface area (Å²) in [6.45, 7) is 2.14. The number of allylic oxidation sites excluding steroid dienone is 2. The molecule has 0 spiro atoms. The third-order valence-corrected chi connectivity index (χ3v) is 5.83. The number of hydrogen-bond donors (Lipinski definition) is 0. The summed E-state index contributed by atoms with van der Waals surface area (Å²) in [6, 6.07) is 1.68. The Morgan fingerprint density at radius 1 is 0.893 bits per heavy atom. The molecule has 5 heteroatoms. The lowest BCUT2D eigenvalue weighted by molar-refractivity contribution is -0.142. The van der Waals surface area contributed by atoms with Crippen molar-refractivity contribution in [2.24, 2.45) is 11.8 Å². The second-order valence-corrected chi connectivity index (χ2v) is 8.02. The number of rotatable bonds is 9. The van der Waals surface area contributed by atoms with Crippen molar-refractivity contribution >= 4 is 0 Å². The summed E-state index contributed by atoms with van der Waals surface area (Å²) in [5, 5.41) is 0. The molecule has 158 valence electrons. The minimum atomic E-state index is -5.00. The molecule has 1 aromatic rings. The Labute approximate surface area is 165 Å². The summed E-state index contributed by atoms with van der Waals surface area (Å²) in [5.41, 5.74) is -1.48. The average Bonchev–Trinajstić information content (AvgIpc) is 2.62. The van der Waals surface area contributed by atoms with E-state index in [1.54, 1.807) is 0 Å². The predicted octanol–water partition coefficient (Wildman–Crippen LogP) is 8.25. The lowest BCUT2D eigenvalue weighted by atomic mass is 9.77. The highest BCUT2D eigenvalue weighted by Gasteiger charge is 2.37. The largest absolute Gasteiger partial charge is 0.422 e. The zero-order valence-electron chi connectivity index (χ0n) is 16.6. The first-order chi connectivity index (χ1) is 13.3. The zero-order chi connectivity index (χ0) is 20.6. The molecule has 1 saturated carbocycles. The maximum atomic E-state index is 13.7. The van der Waals surface area contributed by atoms with Crippen molar-refractivity contribution in [3.63, 3.8) is 0 Å². The topological polar surface area (TPSA) is 0 Å². The van der Waals surface area contributed by atoms with E-state index in [0.29, 0.717) is 17.9 Å². The fourth-order valence-electron chi connectivity index (χ4n) is 4.20. The Morgan fingerprint density at radius 3 is 2.00 bits per heavy atom. The highest BCUT2D eigenvalue weighted by atomic mass is 19.4. The maximum Gasteiger partial charge on any atom is 0.422 e. The molecule has 0 aliphatic heterocycles. The van der Waals surface area contributed by atoms with Crippen LogP contribution in [0.2, 0.25) is 0 Å². The normalized spacial score (nSPS) is 20.8. The van der Waals surface area contributed by atoms with Crippen LogP contribution < -0.4 is 0 Å². The van der Waals surface area contributed by atoms with Crippen LogP contribution in [0.15, 0.2) is 24.3 Å². The van der Waals surface area contributed by atoms with Crippen molar-refractivity contribution in [2.75, 3.05) is 0 Å². The van der Waals surface area contributed by atoms with Crippen molar-refractivity contribution in [3.8, 4) is 0 Å². The molecule has 0 unspecified atom stereocenters. The van der Waals surface area contributed by atoms with E-state index in [2.05, 4.69) is 19.1 Å². The first kappa shape index (κ1) is 22.9. The fraction of sp³-hybridized carbons (Fsp3) is 0.652. The molecular formula is C23H31F5. The van der Waals surface area contributed by atoms with Crippen LogP contribution in [0.5, 0.6) is 0 Å². The van der Waals surface area contributed by atoms with Gasteiger partial charge in [-0.1, -0.05) is 57.6 Å². The Hall–Kier alpha value is -1.39. The van der Waals surface area contributed by atoms with Gasteiger partial charge in [-0.05, 0) is 61.6 Å². The monoisotopic (exact) mass is 402 g/mol. The summed E-state index contributed by atoms with van der Waals surface area (Å²) >= 11 is 0. The number of benzene rings is 1. The first-order valence-electron chi connectivity index (χ1n) is 10.5. The van der Waals surface area contributed by atoms with Crippen LogP contribution >= 0.6 is 0 Å². The van der Waals surface area contributed by atoms with Gasteiger partial charge in [-0.2, -0.15) is 13.2 Å². The van der Waals surface area contributed by atoms with Crippen LogP contribution in [0.1, 0.15) is 82.3 Å². The second kappa shape index (κ2) is 11.0. The Morgan fingerprint density at radius 2 is 1.46 bits per heavy atom. The van der Waals surface area contributed by atoms with Gasteiger partial charge >= 0.3 is 6.18 Å². The quantitative estimate of drug-likeness (QED) is 0.222. The van der Waals surface area contributed by atoms with E-state index in [4.69, 9.17) is 0 Å². The van der Waals surface area contributed by atoms with Gasteiger partial charge in [-0.3, -0.25) is 0 Å². The van der Waals surface area contributed by atoms with Crippen molar-refractivity contribution in [3.05, 3.63) is 47.0 Å². The number of aryl methyl sites for hydroxylation is 1. The minimum Gasteiger partial charge on any atom is -0.206 e. The van der Waals surface area contributed by atoms with E-state index >= 15 is 0 Å². The van der Waals surface area contributed by atoms with Gasteiger partial charge in [0.1, 0.15) is 17.2 Å². The van der Waals surface area contributed by atoms with Crippen LogP contribution in [-0.4, -0.2) is 0 Å². The van der Waals surface area contributed by atoms with Gasteiger partial charge in [0, 0.05) is 0 Å². The third-order valence-electron chi connectivity index (χ3n) is 5.83. The zero-order valence-corrected chi connectivity index (χ0v) is 16.6. The standard InChI is InChI=1S/C23H31F5/c1-2-3-4-5-6-7-8-17-9-11-18(12-10-17)13-14-19-15-20(24)22(21(25)16-19)23(26,27)28/h3-4,15-18H,2,5-14H2,1H3/b4-3+. The van der Waals surface area contributed by atoms with E-state index < -0.39 is 23.4 Å². The van der Waals surface area contributed by atoms with Crippen LogP contribution in [0, 0.1) is 23.5 Å². The molecule has 0 amide bonds. The van der Waals surface area contributed by atoms with Crippen molar-refractivity contribution in [1.82, 2.24) is 0 Å². The molecule has 0 nitrogen and oxygen atoms in total. The van der Waals surface area contributed by atoms with Gasteiger partial charge in [0.05, 0.1) is 0 Å². The van der Waals surface area contributed by atoms with Crippen LogP contribution in [-0.2, 0) is 12.6 Å². The van der Waals surface area contributed by atoms with Gasteiger partial charge in [-0.15, -0.1) is 0 Å². The lowest BCUT2D eigenvalue weighted by Gasteiger charge is -2.28. The summed E-state index contributed by atoms with van der Waals surface area (Å²) in [4.78, 5) is 0. The number of hydrogen-bond acceptors (Lipinski definition) is 0. The van der Waals surface area contributed by atoms with E-state index in [0.717, 1.165) is 50.2 Å². The van der Waals surface area contributed by atoms with Crippen molar-refractivity contribution < 1.29 is 22.0 Å². The molecular weight excluding hydrogens is 371 g/mol. The number of alkyl halides is 3. The molecule has 0 heterocycles. The summed E-state index contributed by atoms with van der Waals surface area (Å²) in [5.74, 6) is -1.76. The van der Waals surface area contributed by atoms with E-state index in [-0.39, 0.29) is 0 Å². The smallest absolute Gasteiger partial charge is 0.206 e. The van der Waals surface area contributed by atoms with E-state index in [1.807, 2.05) is 0 Å². The molecule has 0 atom stereocenters. The number of unbranched alkanes of at least 4 members (excludes halogenated alkanes) is 2. The Bertz CT molecular complexity index is 601. The van der Waals surface area contributed by atoms with Crippen LogP contribution in [0.4, 0.5) is 22.0 Å². The number of halogens is 5. The fourth-order valence-corrected chi connectivity index (χ4v) is 4.20. The second-order valence-electron chi connectivity index (χ2n) is 8.02. The van der Waals surface area contributed by atoms with Crippen LogP contribution in [0.3, 0.4) is 0 Å². The highest BCUT2D eigenvalue weighted by Crippen LogP contribution is 2.36. The maximum absolute atomic E-state index is 13.7. The van der Waals surface area contributed by atoms with Crippen LogP contribution in [0.25, 0.3) is 0 Å². The SMILES string of the molecule is CC/C=C/CCCCC1CCC(CCc2cc(F)c(C(F)(F)F)c(F)c2)CC1. The van der Waals surface area contributed by atoms with Gasteiger partial charge < -0.3 is 0 Å². The summed E-state index contributed by atoms with van der Waals surface area (Å²) in [6.07, 6.45) is 11.2. The first-order valence-corrected chi connectivity index (χ1v) is 10.5. The average molecular weight is 402 g/mol. The van der Waals surface area contributed by atoms with Gasteiger partial charge in [0.2, 0.25) is 0 Å². The van der Waals surface area contributed by atoms with E-state index in [1.165, 1.54) is 32.1 Å². The van der Waals surface area contributed by atoms with Gasteiger partial charge in [0.15, 0.2) is 0 Å². The lowest BCUT2D eigenvalue weighted by Crippen LogP contribution is -2.16. The van der Waals surface area contributed by atoms with Gasteiger partial charge in [0.25, 0.3) is 0 Å². The predicted molar refractivity (Wildman–Crippen MR) is 103 cm³/mol. The van der Waals surface area contributed by atoms with Gasteiger partial charge in [-0.25, -0.2) is 8.78 Å². The van der Waals surface area contributed by atoms with E-state index in [9.17, 15) is 22.0 Å². The Balaban J connectivity index is 1.72. The molecule has 0 radical (unpaired) electrons.